The fourth-order valence-corrected chi connectivity index (χ4v) is 1.06. The molecule has 3 heteroatoms. The first-order valence-corrected chi connectivity index (χ1v) is 4.46. The minimum Gasteiger partial charge on any atom is -0.394 e. The lowest BCUT2D eigenvalue weighted by atomic mass is 10.1. The van der Waals surface area contributed by atoms with Gasteiger partial charge < -0.3 is 14.9 Å². The van der Waals surface area contributed by atoms with Crippen LogP contribution in [0.2, 0.25) is 0 Å². The molecular weight excluding hydrogens is 156 g/mol. The highest BCUT2D eigenvalue weighted by atomic mass is 16.5. The second-order valence-corrected chi connectivity index (χ2v) is 3.61. The smallest absolute Gasteiger partial charge is 0.100 e. The first kappa shape index (κ1) is 11.9. The molecule has 0 aliphatic rings. The number of hydrogen-bond donors (Lipinski definition) is 2. The summed E-state index contributed by atoms with van der Waals surface area (Å²) in [4.78, 5) is 0. The van der Waals surface area contributed by atoms with E-state index in [9.17, 15) is 0 Å². The van der Waals surface area contributed by atoms with Gasteiger partial charge in [-0.2, -0.15) is 0 Å². The van der Waals surface area contributed by atoms with E-state index in [1.807, 2.05) is 6.92 Å². The largest absolute Gasteiger partial charge is 0.394 e. The third-order valence-electron chi connectivity index (χ3n) is 1.59. The SMILES string of the molecule is CC(C)CC(C)OCC(O)CO. The van der Waals surface area contributed by atoms with Crippen molar-refractivity contribution < 1.29 is 14.9 Å². The molecule has 0 aromatic heterocycles. The summed E-state index contributed by atoms with van der Waals surface area (Å²) in [5, 5.41) is 17.5. The quantitative estimate of drug-likeness (QED) is 0.629. The van der Waals surface area contributed by atoms with E-state index in [1.165, 1.54) is 0 Å². The Labute approximate surface area is 74.4 Å². The van der Waals surface area contributed by atoms with Crippen molar-refractivity contribution >= 4 is 0 Å². The number of aliphatic hydroxyl groups excluding tert-OH is 2. The van der Waals surface area contributed by atoms with E-state index in [-0.39, 0.29) is 19.3 Å². The zero-order valence-electron chi connectivity index (χ0n) is 8.16. The molecule has 2 atom stereocenters. The van der Waals surface area contributed by atoms with Gasteiger partial charge in [-0.3, -0.25) is 0 Å². The van der Waals surface area contributed by atoms with E-state index in [4.69, 9.17) is 14.9 Å². The summed E-state index contributed by atoms with van der Waals surface area (Å²) in [6.07, 6.45) is 0.406. The maximum absolute atomic E-state index is 8.97. The van der Waals surface area contributed by atoms with Gasteiger partial charge in [0.1, 0.15) is 6.10 Å². The van der Waals surface area contributed by atoms with E-state index in [2.05, 4.69) is 13.8 Å². The molecule has 0 saturated heterocycles. The van der Waals surface area contributed by atoms with Gasteiger partial charge in [0.05, 0.1) is 19.3 Å². The van der Waals surface area contributed by atoms with E-state index >= 15 is 0 Å². The Hall–Kier alpha value is -0.120. The lowest BCUT2D eigenvalue weighted by Gasteiger charge is -2.16. The molecule has 0 radical (unpaired) electrons. The fourth-order valence-electron chi connectivity index (χ4n) is 1.06. The number of rotatable bonds is 6. The van der Waals surface area contributed by atoms with Crippen molar-refractivity contribution in [3.05, 3.63) is 0 Å². The van der Waals surface area contributed by atoms with Crippen LogP contribution in [0.15, 0.2) is 0 Å². The minimum atomic E-state index is -0.736. The highest BCUT2D eigenvalue weighted by molar-refractivity contribution is 4.56. The maximum atomic E-state index is 8.97. The summed E-state index contributed by atoms with van der Waals surface area (Å²) in [7, 11) is 0. The predicted molar refractivity (Wildman–Crippen MR) is 48.0 cm³/mol. The summed E-state index contributed by atoms with van der Waals surface area (Å²) in [5.41, 5.74) is 0. The summed E-state index contributed by atoms with van der Waals surface area (Å²) >= 11 is 0. The van der Waals surface area contributed by atoms with Crippen molar-refractivity contribution in [2.75, 3.05) is 13.2 Å². The van der Waals surface area contributed by atoms with Crippen molar-refractivity contribution in [3.63, 3.8) is 0 Å². The summed E-state index contributed by atoms with van der Waals surface area (Å²) < 4.78 is 5.30. The van der Waals surface area contributed by atoms with Gasteiger partial charge in [-0.05, 0) is 19.3 Å². The normalized spacial score (nSPS) is 16.5. The molecular formula is C9H20O3. The minimum absolute atomic E-state index is 0.159. The number of hydrogen-bond acceptors (Lipinski definition) is 3. The molecule has 0 spiro atoms. The summed E-state index contributed by atoms with van der Waals surface area (Å²) in [6, 6.07) is 0. The maximum Gasteiger partial charge on any atom is 0.100 e. The van der Waals surface area contributed by atoms with Crippen LogP contribution in [0.1, 0.15) is 27.2 Å². The van der Waals surface area contributed by atoms with E-state index < -0.39 is 6.10 Å². The average molecular weight is 176 g/mol. The molecule has 3 nitrogen and oxygen atoms in total. The first-order valence-electron chi connectivity index (χ1n) is 4.46. The zero-order chi connectivity index (χ0) is 9.56. The molecule has 0 saturated carbocycles. The Morgan fingerprint density at radius 3 is 2.25 bits per heavy atom. The Kier molecular flexibility index (Phi) is 6.34. The van der Waals surface area contributed by atoms with Crippen LogP contribution in [0.3, 0.4) is 0 Å². The Balaban J connectivity index is 3.36. The van der Waals surface area contributed by atoms with Crippen LogP contribution in [0, 0.1) is 5.92 Å². The Bertz CT molecular complexity index is 104. The number of ether oxygens (including phenoxy) is 1. The third-order valence-corrected chi connectivity index (χ3v) is 1.59. The molecule has 0 aliphatic carbocycles. The van der Waals surface area contributed by atoms with Crippen molar-refractivity contribution in [1.82, 2.24) is 0 Å². The van der Waals surface area contributed by atoms with Crippen LogP contribution in [-0.4, -0.2) is 35.6 Å². The van der Waals surface area contributed by atoms with Gasteiger partial charge in [-0.1, -0.05) is 13.8 Å². The molecule has 0 fully saturated rings. The van der Waals surface area contributed by atoms with Crippen LogP contribution in [0.5, 0.6) is 0 Å². The lowest BCUT2D eigenvalue weighted by molar-refractivity contribution is -0.0281. The molecule has 0 aromatic rings. The van der Waals surface area contributed by atoms with Gasteiger partial charge in [0.2, 0.25) is 0 Å². The van der Waals surface area contributed by atoms with Crippen LogP contribution < -0.4 is 0 Å². The van der Waals surface area contributed by atoms with Crippen molar-refractivity contribution in [1.29, 1.82) is 0 Å². The Morgan fingerprint density at radius 2 is 1.83 bits per heavy atom. The van der Waals surface area contributed by atoms with Gasteiger partial charge in [0.25, 0.3) is 0 Å². The second-order valence-electron chi connectivity index (χ2n) is 3.61. The third kappa shape index (κ3) is 6.58. The molecule has 0 amide bonds. The Morgan fingerprint density at radius 1 is 1.25 bits per heavy atom. The van der Waals surface area contributed by atoms with Crippen molar-refractivity contribution in [3.8, 4) is 0 Å². The molecule has 0 bridgehead atoms. The molecule has 2 N–H and O–H groups in total. The highest BCUT2D eigenvalue weighted by Gasteiger charge is 2.08. The molecule has 0 rings (SSSR count). The van der Waals surface area contributed by atoms with E-state index in [0.29, 0.717) is 5.92 Å². The van der Waals surface area contributed by atoms with Crippen LogP contribution in [0.4, 0.5) is 0 Å². The van der Waals surface area contributed by atoms with Gasteiger partial charge >= 0.3 is 0 Å². The van der Waals surface area contributed by atoms with Gasteiger partial charge in [0.15, 0.2) is 0 Å². The van der Waals surface area contributed by atoms with Crippen LogP contribution >= 0.6 is 0 Å². The first-order chi connectivity index (χ1) is 5.56. The predicted octanol–water partition coefficient (Wildman–Crippen LogP) is 0.791. The average Bonchev–Trinajstić information content (AvgIpc) is 1.99. The van der Waals surface area contributed by atoms with E-state index in [1.54, 1.807) is 0 Å². The second kappa shape index (κ2) is 6.40. The van der Waals surface area contributed by atoms with Gasteiger partial charge in [0, 0.05) is 0 Å². The van der Waals surface area contributed by atoms with Crippen LogP contribution in [0.25, 0.3) is 0 Å². The van der Waals surface area contributed by atoms with Gasteiger partial charge in [-0.25, -0.2) is 0 Å². The van der Waals surface area contributed by atoms with Crippen molar-refractivity contribution in [2.24, 2.45) is 5.92 Å². The summed E-state index contributed by atoms with van der Waals surface area (Å²) in [6.45, 7) is 6.23. The highest BCUT2D eigenvalue weighted by Crippen LogP contribution is 2.07. The molecule has 0 heterocycles. The van der Waals surface area contributed by atoms with Crippen molar-refractivity contribution in [2.45, 2.75) is 39.4 Å². The molecule has 0 aliphatic heterocycles. The molecule has 74 valence electrons. The lowest BCUT2D eigenvalue weighted by Crippen LogP contribution is -2.23. The molecule has 2 unspecified atom stereocenters. The summed E-state index contributed by atoms with van der Waals surface area (Å²) in [5.74, 6) is 0.603. The monoisotopic (exact) mass is 176 g/mol. The van der Waals surface area contributed by atoms with Crippen LogP contribution in [-0.2, 0) is 4.74 Å². The molecule has 12 heavy (non-hydrogen) atoms. The zero-order valence-corrected chi connectivity index (χ0v) is 8.16. The standard InChI is InChI=1S/C9H20O3/c1-7(2)4-8(3)12-6-9(11)5-10/h7-11H,4-6H2,1-3H3. The van der Waals surface area contributed by atoms with Gasteiger partial charge in [-0.15, -0.1) is 0 Å². The fraction of sp³-hybridized carbons (Fsp3) is 1.00. The van der Waals surface area contributed by atoms with E-state index in [0.717, 1.165) is 6.42 Å². The number of aliphatic hydroxyl groups is 2. The molecule has 0 aromatic carbocycles. The topological polar surface area (TPSA) is 49.7 Å².